The summed E-state index contributed by atoms with van der Waals surface area (Å²) in [4.78, 5) is 0. The van der Waals surface area contributed by atoms with Crippen LogP contribution in [0.4, 0.5) is 0 Å². The third-order valence-electron chi connectivity index (χ3n) is 6.15. The zero-order chi connectivity index (χ0) is 17.6. The lowest BCUT2D eigenvalue weighted by Gasteiger charge is -2.38. The molecular weight excluding hydrogens is 318 g/mol. The summed E-state index contributed by atoms with van der Waals surface area (Å²) in [6.45, 7) is 2.09. The van der Waals surface area contributed by atoms with Gasteiger partial charge in [-0.25, -0.2) is 0 Å². The number of ether oxygens (including phenoxy) is 1. The van der Waals surface area contributed by atoms with Crippen molar-refractivity contribution in [1.29, 1.82) is 0 Å². The van der Waals surface area contributed by atoms with Crippen molar-refractivity contribution in [1.82, 2.24) is 5.32 Å². The molecule has 2 nitrogen and oxygen atoms in total. The van der Waals surface area contributed by atoms with Gasteiger partial charge in [0.25, 0.3) is 0 Å². The first-order valence-corrected chi connectivity index (χ1v) is 10.4. The van der Waals surface area contributed by atoms with Gasteiger partial charge in [0.05, 0.1) is 0 Å². The molecule has 1 aliphatic heterocycles. The van der Waals surface area contributed by atoms with Crippen molar-refractivity contribution in [3.8, 4) is 5.75 Å². The van der Waals surface area contributed by atoms with Crippen LogP contribution in [0.15, 0.2) is 54.6 Å². The summed E-state index contributed by atoms with van der Waals surface area (Å²) in [5.74, 6) is 2.45. The highest BCUT2D eigenvalue weighted by atomic mass is 16.5. The summed E-state index contributed by atoms with van der Waals surface area (Å²) in [5, 5.41) is 3.71. The number of nitrogens with one attached hydrogen (secondary N) is 1. The molecule has 0 bridgehead atoms. The molecule has 1 saturated carbocycles. The molecule has 0 amide bonds. The molecule has 2 heteroatoms. The Labute approximate surface area is 158 Å². The summed E-state index contributed by atoms with van der Waals surface area (Å²) in [6.07, 6.45) is 9.54. The number of rotatable bonds is 6. The zero-order valence-electron chi connectivity index (χ0n) is 15.7. The van der Waals surface area contributed by atoms with Crippen molar-refractivity contribution in [2.45, 2.75) is 57.0 Å². The molecule has 138 valence electrons. The van der Waals surface area contributed by atoms with Crippen LogP contribution in [0.1, 0.15) is 55.6 Å². The van der Waals surface area contributed by atoms with Crippen LogP contribution in [-0.4, -0.2) is 19.2 Å². The number of hydrogen-bond acceptors (Lipinski definition) is 2. The van der Waals surface area contributed by atoms with Gasteiger partial charge in [0.1, 0.15) is 11.9 Å². The Hall–Kier alpha value is -1.80. The van der Waals surface area contributed by atoms with Gasteiger partial charge in [-0.15, -0.1) is 0 Å². The maximum Gasteiger partial charge on any atom is 0.123 e. The van der Waals surface area contributed by atoms with E-state index in [4.69, 9.17) is 4.74 Å². The van der Waals surface area contributed by atoms with Gasteiger partial charge in [0.2, 0.25) is 0 Å². The molecule has 4 rings (SSSR count). The van der Waals surface area contributed by atoms with E-state index in [0.717, 1.165) is 31.2 Å². The van der Waals surface area contributed by atoms with Crippen LogP contribution in [-0.2, 0) is 6.42 Å². The van der Waals surface area contributed by atoms with Gasteiger partial charge in [-0.3, -0.25) is 0 Å². The van der Waals surface area contributed by atoms with Gasteiger partial charge in [-0.2, -0.15) is 0 Å². The van der Waals surface area contributed by atoms with Crippen LogP contribution in [0.3, 0.4) is 0 Å². The minimum atomic E-state index is 0.408. The second kappa shape index (κ2) is 8.73. The predicted octanol–water partition coefficient (Wildman–Crippen LogP) is 5.33. The fourth-order valence-electron chi connectivity index (χ4n) is 4.69. The lowest BCUT2D eigenvalue weighted by molar-refractivity contribution is 0.0775. The molecule has 26 heavy (non-hydrogen) atoms. The van der Waals surface area contributed by atoms with Crippen LogP contribution < -0.4 is 10.1 Å². The summed E-state index contributed by atoms with van der Waals surface area (Å²) < 4.78 is 6.45. The van der Waals surface area contributed by atoms with Gasteiger partial charge in [-0.05, 0) is 55.3 Å². The minimum Gasteiger partial charge on any atom is -0.490 e. The van der Waals surface area contributed by atoms with Crippen molar-refractivity contribution in [3.63, 3.8) is 0 Å². The van der Waals surface area contributed by atoms with E-state index < -0.39 is 0 Å². The maximum absolute atomic E-state index is 6.45. The highest BCUT2D eigenvalue weighted by Gasteiger charge is 2.33. The number of para-hydroxylation sites is 1. The molecule has 0 aromatic heterocycles. The Kier molecular flexibility index (Phi) is 5.91. The van der Waals surface area contributed by atoms with Crippen LogP contribution in [0.5, 0.6) is 5.75 Å². The van der Waals surface area contributed by atoms with E-state index in [9.17, 15) is 0 Å². The van der Waals surface area contributed by atoms with Crippen molar-refractivity contribution >= 4 is 0 Å². The highest BCUT2D eigenvalue weighted by molar-refractivity contribution is 5.38. The SMILES string of the molecule is c1ccc(CCNCC2CC(C3CCCCC3)Oc3ccccc32)cc1. The Morgan fingerprint density at radius 3 is 2.50 bits per heavy atom. The summed E-state index contributed by atoms with van der Waals surface area (Å²) >= 11 is 0. The molecule has 2 aromatic rings. The van der Waals surface area contributed by atoms with Gasteiger partial charge in [0, 0.05) is 12.5 Å². The van der Waals surface area contributed by atoms with E-state index in [1.165, 1.54) is 49.7 Å². The van der Waals surface area contributed by atoms with Gasteiger partial charge >= 0.3 is 0 Å². The standard InChI is InChI=1S/C24H31NO/c1-3-9-19(10-4-1)15-16-25-18-21-17-24(20-11-5-2-6-12-20)26-23-14-8-7-13-22(21)23/h1,3-4,7-10,13-14,20-21,24-25H,2,5-6,11-12,15-18H2. The Bertz CT molecular complexity index is 678. The van der Waals surface area contributed by atoms with E-state index in [-0.39, 0.29) is 0 Å². The fraction of sp³-hybridized carbons (Fsp3) is 0.500. The molecule has 2 aromatic carbocycles. The predicted molar refractivity (Wildman–Crippen MR) is 108 cm³/mol. The summed E-state index contributed by atoms with van der Waals surface area (Å²) in [6, 6.07) is 19.5. The number of benzene rings is 2. The molecule has 0 radical (unpaired) electrons. The molecule has 1 aliphatic carbocycles. The Balaban J connectivity index is 1.37. The Morgan fingerprint density at radius 1 is 0.885 bits per heavy atom. The number of fused-ring (bicyclic) bond motifs is 1. The largest absolute Gasteiger partial charge is 0.490 e. The second-order valence-corrected chi connectivity index (χ2v) is 7.96. The molecule has 0 spiro atoms. The highest BCUT2D eigenvalue weighted by Crippen LogP contribution is 2.41. The average molecular weight is 350 g/mol. The summed E-state index contributed by atoms with van der Waals surface area (Å²) in [7, 11) is 0. The average Bonchev–Trinajstić information content (AvgIpc) is 2.72. The molecule has 2 aliphatic rings. The molecule has 0 saturated heterocycles. The van der Waals surface area contributed by atoms with E-state index >= 15 is 0 Å². The first kappa shape index (κ1) is 17.6. The lowest BCUT2D eigenvalue weighted by Crippen LogP contribution is -2.37. The van der Waals surface area contributed by atoms with Gasteiger partial charge in [0.15, 0.2) is 0 Å². The smallest absolute Gasteiger partial charge is 0.123 e. The van der Waals surface area contributed by atoms with Crippen molar-refractivity contribution in [2.24, 2.45) is 5.92 Å². The van der Waals surface area contributed by atoms with Gasteiger partial charge in [-0.1, -0.05) is 67.8 Å². The quantitative estimate of drug-likeness (QED) is 0.711. The van der Waals surface area contributed by atoms with Crippen LogP contribution in [0.2, 0.25) is 0 Å². The van der Waals surface area contributed by atoms with Crippen molar-refractivity contribution in [3.05, 3.63) is 65.7 Å². The monoisotopic (exact) mass is 349 g/mol. The van der Waals surface area contributed by atoms with Crippen LogP contribution in [0, 0.1) is 5.92 Å². The maximum atomic E-state index is 6.45. The molecule has 2 atom stereocenters. The summed E-state index contributed by atoms with van der Waals surface area (Å²) in [5.41, 5.74) is 2.80. The fourth-order valence-corrected chi connectivity index (χ4v) is 4.69. The number of hydrogen-bond donors (Lipinski definition) is 1. The third kappa shape index (κ3) is 4.29. The second-order valence-electron chi connectivity index (χ2n) is 7.96. The van der Waals surface area contributed by atoms with Crippen LogP contribution >= 0.6 is 0 Å². The molecule has 2 unspecified atom stereocenters. The van der Waals surface area contributed by atoms with Crippen molar-refractivity contribution in [2.75, 3.05) is 13.1 Å². The third-order valence-corrected chi connectivity index (χ3v) is 6.15. The molecule has 1 N–H and O–H groups in total. The van der Waals surface area contributed by atoms with Gasteiger partial charge < -0.3 is 10.1 Å². The normalized spacial score (nSPS) is 23.2. The molecule has 1 heterocycles. The van der Waals surface area contributed by atoms with E-state index in [0.29, 0.717) is 12.0 Å². The lowest BCUT2D eigenvalue weighted by atomic mass is 9.79. The van der Waals surface area contributed by atoms with E-state index in [2.05, 4.69) is 59.9 Å². The minimum absolute atomic E-state index is 0.408. The zero-order valence-corrected chi connectivity index (χ0v) is 15.7. The molecule has 1 fully saturated rings. The first-order valence-electron chi connectivity index (χ1n) is 10.4. The Morgan fingerprint density at radius 2 is 1.65 bits per heavy atom. The molecular formula is C24H31NO. The van der Waals surface area contributed by atoms with Crippen LogP contribution in [0.25, 0.3) is 0 Å². The first-order chi connectivity index (χ1) is 12.9. The van der Waals surface area contributed by atoms with E-state index in [1.54, 1.807) is 0 Å². The topological polar surface area (TPSA) is 21.3 Å². The van der Waals surface area contributed by atoms with Crippen molar-refractivity contribution < 1.29 is 4.74 Å². The van der Waals surface area contributed by atoms with E-state index in [1.807, 2.05) is 0 Å².